The Hall–Kier alpha value is -6.40. The number of hydrogen-bond donors (Lipinski definition) is 0. The molecule has 5 aromatic carbocycles. The molecular weight excluding hydrogens is 590 g/mol. The van der Waals surface area contributed by atoms with Gasteiger partial charge in [-0.3, -0.25) is 4.57 Å². The number of hydrogen-bond acceptors (Lipinski definition) is 4. The molecule has 8 aromatic rings. The van der Waals surface area contributed by atoms with Crippen molar-refractivity contribution in [3.63, 3.8) is 0 Å². The van der Waals surface area contributed by atoms with Crippen LogP contribution in [0.1, 0.15) is 22.5 Å². The van der Waals surface area contributed by atoms with E-state index in [0.717, 1.165) is 79.0 Å². The van der Waals surface area contributed by atoms with Crippen LogP contribution in [0.25, 0.3) is 45.5 Å². The average molecular weight is 622 g/mol. The number of aromatic nitrogens is 4. The van der Waals surface area contributed by atoms with Crippen LogP contribution in [0.5, 0.6) is 11.5 Å². The number of benzene rings is 5. The van der Waals surface area contributed by atoms with E-state index in [1.165, 1.54) is 5.39 Å². The van der Waals surface area contributed by atoms with Crippen molar-refractivity contribution in [3.05, 3.63) is 162 Å². The molecule has 6 heteroatoms. The molecule has 0 fully saturated rings. The summed E-state index contributed by atoms with van der Waals surface area (Å²) in [6.45, 7) is 4.22. The molecule has 1 aliphatic rings. The molecule has 0 amide bonds. The van der Waals surface area contributed by atoms with Gasteiger partial charge >= 0.3 is 0 Å². The van der Waals surface area contributed by atoms with Crippen molar-refractivity contribution in [2.45, 2.75) is 13.8 Å². The molecule has 0 spiro atoms. The summed E-state index contributed by atoms with van der Waals surface area (Å²) in [7, 11) is 0. The second kappa shape index (κ2) is 11.1. The van der Waals surface area contributed by atoms with E-state index in [4.69, 9.17) is 9.84 Å². The third-order valence-corrected chi connectivity index (χ3v) is 9.10. The summed E-state index contributed by atoms with van der Waals surface area (Å²) >= 11 is 0. The quantitative estimate of drug-likeness (QED) is 0.192. The Morgan fingerprint density at radius 2 is 1.27 bits per heavy atom. The molecule has 6 nitrogen and oxygen atoms in total. The second-order valence-electron chi connectivity index (χ2n) is 12.0. The molecule has 0 saturated carbocycles. The number of para-hydroxylation sites is 3. The van der Waals surface area contributed by atoms with E-state index in [2.05, 4.69) is 131 Å². The molecule has 0 N–H and O–H groups in total. The fourth-order valence-electron chi connectivity index (χ4n) is 6.99. The lowest BCUT2D eigenvalue weighted by Crippen LogP contribution is -2.13. The van der Waals surface area contributed by atoms with Crippen LogP contribution >= 0.6 is 0 Å². The molecule has 48 heavy (non-hydrogen) atoms. The van der Waals surface area contributed by atoms with Crippen LogP contribution in [0, 0.1) is 13.8 Å². The third-order valence-electron chi connectivity index (χ3n) is 9.10. The Morgan fingerprint density at radius 1 is 0.583 bits per heavy atom. The SMILES string of the molecule is Cc1nn(-c2cccc(Oc3ccc4c5ccccc5n(-c5ccccn5)c4c3)c2)c(C)c1N1c2ccccc2C=Cc2ccccc21. The van der Waals surface area contributed by atoms with E-state index in [0.29, 0.717) is 0 Å². The van der Waals surface area contributed by atoms with Gasteiger partial charge in [-0.2, -0.15) is 5.10 Å². The minimum absolute atomic E-state index is 0.733. The average Bonchev–Trinajstić information content (AvgIpc) is 3.55. The van der Waals surface area contributed by atoms with Crippen molar-refractivity contribution < 1.29 is 4.74 Å². The first-order valence-corrected chi connectivity index (χ1v) is 16.1. The molecule has 0 bridgehead atoms. The summed E-state index contributed by atoms with van der Waals surface area (Å²) < 4.78 is 10.8. The van der Waals surface area contributed by atoms with Crippen LogP contribution in [-0.4, -0.2) is 19.3 Å². The summed E-state index contributed by atoms with van der Waals surface area (Å²) in [6.07, 6.45) is 6.21. The number of aryl methyl sites for hydroxylation is 1. The van der Waals surface area contributed by atoms with Crippen molar-refractivity contribution in [2.24, 2.45) is 0 Å². The topological polar surface area (TPSA) is 48.1 Å². The van der Waals surface area contributed by atoms with Gasteiger partial charge in [0.15, 0.2) is 0 Å². The highest BCUT2D eigenvalue weighted by Crippen LogP contribution is 2.45. The summed E-state index contributed by atoms with van der Waals surface area (Å²) in [5, 5.41) is 7.41. The van der Waals surface area contributed by atoms with E-state index in [-0.39, 0.29) is 0 Å². The van der Waals surface area contributed by atoms with Gasteiger partial charge in [0, 0.05) is 29.1 Å². The van der Waals surface area contributed by atoms with Crippen LogP contribution in [0.3, 0.4) is 0 Å². The van der Waals surface area contributed by atoms with Crippen molar-refractivity contribution >= 4 is 51.0 Å². The standard InChI is InChI=1S/C42H31N5O/c1-28-42(46-37-17-6-3-12-30(37)21-22-31-13-4-7-18-38(31)46)29(2)47(44-28)32-14-11-15-33(26-32)48-34-23-24-36-35-16-5-8-19-39(35)45(40(36)27-34)41-20-9-10-25-43-41/h3-27H,1-2H3. The van der Waals surface area contributed by atoms with Gasteiger partial charge in [-0.25, -0.2) is 9.67 Å². The highest BCUT2D eigenvalue weighted by molar-refractivity contribution is 6.09. The van der Waals surface area contributed by atoms with Crippen LogP contribution in [0.15, 0.2) is 140 Å². The van der Waals surface area contributed by atoms with Gasteiger partial charge in [-0.15, -0.1) is 0 Å². The van der Waals surface area contributed by atoms with Gasteiger partial charge in [0.2, 0.25) is 0 Å². The lowest BCUT2D eigenvalue weighted by Gasteiger charge is -2.27. The Morgan fingerprint density at radius 3 is 2.04 bits per heavy atom. The fraction of sp³-hybridized carbons (Fsp3) is 0.0476. The molecule has 9 rings (SSSR count). The van der Waals surface area contributed by atoms with Crippen LogP contribution in [0.4, 0.5) is 17.1 Å². The Labute approximate surface area is 278 Å². The zero-order chi connectivity index (χ0) is 32.2. The number of rotatable bonds is 5. The molecular formula is C42H31N5O. The van der Waals surface area contributed by atoms with Gasteiger partial charge < -0.3 is 9.64 Å². The predicted molar refractivity (Wildman–Crippen MR) is 195 cm³/mol. The van der Waals surface area contributed by atoms with Crippen LogP contribution < -0.4 is 9.64 Å². The molecule has 0 radical (unpaired) electrons. The molecule has 1 aliphatic heterocycles. The minimum Gasteiger partial charge on any atom is -0.457 e. The molecule has 4 heterocycles. The summed E-state index contributed by atoms with van der Waals surface area (Å²) in [6, 6.07) is 45.8. The summed E-state index contributed by atoms with van der Waals surface area (Å²) in [5.74, 6) is 2.35. The van der Waals surface area contributed by atoms with Gasteiger partial charge in [0.25, 0.3) is 0 Å². The number of ether oxygens (including phenoxy) is 1. The van der Waals surface area contributed by atoms with E-state index in [1.807, 2.05) is 53.3 Å². The van der Waals surface area contributed by atoms with E-state index < -0.39 is 0 Å². The van der Waals surface area contributed by atoms with Crippen molar-refractivity contribution in [3.8, 4) is 23.0 Å². The summed E-state index contributed by atoms with van der Waals surface area (Å²) in [4.78, 5) is 7.01. The maximum absolute atomic E-state index is 6.54. The van der Waals surface area contributed by atoms with E-state index in [9.17, 15) is 0 Å². The molecule has 0 saturated heterocycles. The summed E-state index contributed by atoms with van der Waals surface area (Å²) in [5.41, 5.74) is 10.7. The van der Waals surface area contributed by atoms with Crippen molar-refractivity contribution in [2.75, 3.05) is 4.90 Å². The zero-order valence-corrected chi connectivity index (χ0v) is 26.6. The minimum atomic E-state index is 0.733. The molecule has 0 atom stereocenters. The van der Waals surface area contributed by atoms with Crippen molar-refractivity contribution in [1.82, 2.24) is 19.3 Å². The first kappa shape index (κ1) is 27.9. The monoisotopic (exact) mass is 621 g/mol. The third kappa shape index (κ3) is 4.49. The van der Waals surface area contributed by atoms with Crippen LogP contribution in [0.2, 0.25) is 0 Å². The lowest BCUT2D eigenvalue weighted by atomic mass is 10.1. The van der Waals surface area contributed by atoms with E-state index >= 15 is 0 Å². The Kier molecular flexibility index (Phi) is 6.47. The number of anilines is 3. The normalized spacial score (nSPS) is 12.2. The maximum atomic E-state index is 6.54. The van der Waals surface area contributed by atoms with Gasteiger partial charge in [0.05, 0.1) is 45.2 Å². The van der Waals surface area contributed by atoms with Gasteiger partial charge in [-0.05, 0) is 79.6 Å². The number of pyridine rings is 1. The lowest BCUT2D eigenvalue weighted by molar-refractivity contribution is 0.482. The first-order chi connectivity index (χ1) is 23.6. The molecule has 230 valence electrons. The number of nitrogens with zero attached hydrogens (tertiary/aromatic N) is 5. The molecule has 3 aromatic heterocycles. The molecule has 0 aliphatic carbocycles. The first-order valence-electron chi connectivity index (χ1n) is 16.1. The Balaban J connectivity index is 1.11. The highest BCUT2D eigenvalue weighted by Gasteiger charge is 2.26. The smallest absolute Gasteiger partial charge is 0.137 e. The highest BCUT2D eigenvalue weighted by atomic mass is 16.5. The zero-order valence-electron chi connectivity index (χ0n) is 26.6. The van der Waals surface area contributed by atoms with Crippen molar-refractivity contribution in [1.29, 1.82) is 0 Å². The Bertz CT molecular complexity index is 2470. The van der Waals surface area contributed by atoms with Crippen LogP contribution in [-0.2, 0) is 0 Å². The van der Waals surface area contributed by atoms with E-state index in [1.54, 1.807) is 0 Å². The van der Waals surface area contributed by atoms with Gasteiger partial charge in [0.1, 0.15) is 17.3 Å². The largest absolute Gasteiger partial charge is 0.457 e. The fourth-order valence-corrected chi connectivity index (χ4v) is 6.99. The second-order valence-corrected chi connectivity index (χ2v) is 12.0. The van der Waals surface area contributed by atoms with Gasteiger partial charge in [-0.1, -0.05) is 78.9 Å². The number of fused-ring (bicyclic) bond motifs is 5. The maximum Gasteiger partial charge on any atom is 0.137 e. The molecule has 0 unspecified atom stereocenters. The predicted octanol–water partition coefficient (Wildman–Crippen LogP) is 10.7.